The Hall–Kier alpha value is -2.59. The third-order valence-corrected chi connectivity index (χ3v) is 5.05. The van der Waals surface area contributed by atoms with Crippen molar-refractivity contribution in [1.29, 1.82) is 0 Å². The molecular weight excluding hydrogens is 322 g/mol. The van der Waals surface area contributed by atoms with Crippen molar-refractivity contribution in [3.8, 4) is 0 Å². The Bertz CT molecular complexity index is 956. The van der Waals surface area contributed by atoms with Gasteiger partial charge in [-0.3, -0.25) is 4.98 Å². The Labute approximate surface area is 154 Å². The van der Waals surface area contributed by atoms with Crippen LogP contribution in [0.1, 0.15) is 29.3 Å². The van der Waals surface area contributed by atoms with Crippen LogP contribution < -0.4 is 0 Å². The first-order valence-electron chi connectivity index (χ1n) is 9.23. The van der Waals surface area contributed by atoms with Crippen LogP contribution in [-0.2, 0) is 17.7 Å². The summed E-state index contributed by atoms with van der Waals surface area (Å²) in [5, 5.41) is 1.35. The number of ether oxygens (including phenoxy) is 1. The molecule has 1 aliphatic heterocycles. The molecule has 134 valence electrons. The number of benzene rings is 1. The van der Waals surface area contributed by atoms with Crippen LogP contribution in [0.3, 0.4) is 0 Å². The highest BCUT2D eigenvalue weighted by Gasteiger charge is 2.22. The van der Waals surface area contributed by atoms with Gasteiger partial charge in [-0.05, 0) is 50.7 Å². The molecule has 0 aliphatic carbocycles. The van der Waals surface area contributed by atoms with Gasteiger partial charge in [-0.25, -0.2) is 0 Å². The molecular formula is C22H25N3O. The minimum atomic E-state index is 0.636. The number of pyridine rings is 1. The summed E-state index contributed by atoms with van der Waals surface area (Å²) in [4.78, 5) is 6.52. The van der Waals surface area contributed by atoms with Crippen LogP contribution in [0.25, 0.3) is 22.9 Å². The minimum absolute atomic E-state index is 0.636. The minimum Gasteiger partial charge on any atom is -0.492 e. The monoisotopic (exact) mass is 347 g/mol. The highest BCUT2D eigenvalue weighted by atomic mass is 16.5. The molecule has 0 unspecified atom stereocenters. The molecule has 1 aliphatic rings. The van der Waals surface area contributed by atoms with Crippen molar-refractivity contribution in [1.82, 2.24) is 14.5 Å². The molecule has 4 nitrogen and oxygen atoms in total. The molecule has 0 bridgehead atoms. The molecule has 26 heavy (non-hydrogen) atoms. The zero-order valence-corrected chi connectivity index (χ0v) is 15.7. The Morgan fingerprint density at radius 2 is 2.04 bits per heavy atom. The van der Waals surface area contributed by atoms with Gasteiger partial charge in [0.25, 0.3) is 0 Å². The molecule has 1 aromatic carbocycles. The van der Waals surface area contributed by atoms with E-state index in [0.717, 1.165) is 30.8 Å². The van der Waals surface area contributed by atoms with Gasteiger partial charge in [-0.15, -0.1) is 0 Å². The number of aryl methyl sites for hydroxylation is 1. The van der Waals surface area contributed by atoms with E-state index in [2.05, 4.69) is 52.8 Å². The van der Waals surface area contributed by atoms with Crippen molar-refractivity contribution in [2.24, 2.45) is 0 Å². The molecule has 2 aromatic heterocycles. The zero-order valence-electron chi connectivity index (χ0n) is 15.7. The molecule has 0 atom stereocenters. The fraction of sp³-hybridized carbons (Fsp3) is 0.318. The quantitative estimate of drug-likeness (QED) is 0.658. The molecule has 0 amide bonds. The van der Waals surface area contributed by atoms with Crippen LogP contribution in [0.4, 0.5) is 0 Å². The number of nitrogens with zero attached hydrogens (tertiary/aromatic N) is 3. The lowest BCUT2D eigenvalue weighted by atomic mass is 10.0. The molecule has 0 fully saturated rings. The number of rotatable bonds is 4. The smallest absolute Gasteiger partial charge is 0.143 e. The van der Waals surface area contributed by atoms with Gasteiger partial charge < -0.3 is 14.2 Å². The molecule has 0 N–H and O–H groups in total. The summed E-state index contributed by atoms with van der Waals surface area (Å²) >= 11 is 0. The van der Waals surface area contributed by atoms with Gasteiger partial charge >= 0.3 is 0 Å². The lowest BCUT2D eigenvalue weighted by Crippen LogP contribution is -2.26. The van der Waals surface area contributed by atoms with Crippen LogP contribution >= 0.6 is 0 Å². The normalized spacial score (nSPS) is 15.3. The van der Waals surface area contributed by atoms with Crippen molar-refractivity contribution >= 4 is 22.9 Å². The molecule has 0 saturated heterocycles. The Morgan fingerprint density at radius 3 is 2.81 bits per heavy atom. The summed E-state index contributed by atoms with van der Waals surface area (Å²) in [7, 11) is 2.19. The topological polar surface area (TPSA) is 30.3 Å². The second kappa shape index (κ2) is 6.96. The van der Waals surface area contributed by atoms with E-state index in [1.165, 1.54) is 27.7 Å². The summed E-state index contributed by atoms with van der Waals surface area (Å²) in [6.07, 6.45) is 6.82. The maximum absolute atomic E-state index is 5.99. The van der Waals surface area contributed by atoms with Gasteiger partial charge in [-0.1, -0.05) is 11.6 Å². The third kappa shape index (κ3) is 3.01. The van der Waals surface area contributed by atoms with Gasteiger partial charge in [0.15, 0.2) is 0 Å². The Balaban J connectivity index is 1.93. The highest BCUT2D eigenvalue weighted by Crippen LogP contribution is 2.32. The van der Waals surface area contributed by atoms with Crippen LogP contribution in [0.15, 0.2) is 42.7 Å². The summed E-state index contributed by atoms with van der Waals surface area (Å²) in [5.74, 6) is 0.883. The third-order valence-electron chi connectivity index (χ3n) is 5.05. The van der Waals surface area contributed by atoms with Gasteiger partial charge in [0.2, 0.25) is 0 Å². The average molecular weight is 347 g/mol. The predicted molar refractivity (Wildman–Crippen MR) is 107 cm³/mol. The van der Waals surface area contributed by atoms with E-state index in [0.29, 0.717) is 6.61 Å². The van der Waals surface area contributed by atoms with E-state index in [-0.39, 0.29) is 0 Å². The van der Waals surface area contributed by atoms with E-state index in [4.69, 9.17) is 4.74 Å². The number of hydrogen-bond acceptors (Lipinski definition) is 3. The van der Waals surface area contributed by atoms with E-state index in [9.17, 15) is 0 Å². The second-order valence-corrected chi connectivity index (χ2v) is 6.97. The first-order chi connectivity index (χ1) is 12.7. The standard InChI is InChI=1S/C22H25N3O/c1-4-26-22(17-7-10-23-11-8-17)15-25-20-6-5-16(2)13-18(20)19-14-24(3)12-9-21(19)25/h5-8,10-11,13,15H,4,9,12,14H2,1-3H3/b22-15-. The fourth-order valence-corrected chi connectivity index (χ4v) is 3.77. The van der Waals surface area contributed by atoms with Crippen molar-refractivity contribution in [3.05, 3.63) is 65.1 Å². The molecule has 3 heterocycles. The van der Waals surface area contributed by atoms with Crippen molar-refractivity contribution in [2.45, 2.75) is 26.8 Å². The van der Waals surface area contributed by atoms with Crippen LogP contribution in [-0.4, -0.2) is 34.7 Å². The van der Waals surface area contributed by atoms with Crippen LogP contribution in [0, 0.1) is 6.92 Å². The summed E-state index contributed by atoms with van der Waals surface area (Å²) in [6, 6.07) is 10.7. The van der Waals surface area contributed by atoms with Gasteiger partial charge in [0.1, 0.15) is 5.76 Å². The lowest BCUT2D eigenvalue weighted by Gasteiger charge is -2.23. The van der Waals surface area contributed by atoms with Crippen LogP contribution in [0.5, 0.6) is 0 Å². The number of aromatic nitrogens is 2. The average Bonchev–Trinajstić information content (AvgIpc) is 2.94. The molecule has 4 rings (SSSR count). The first kappa shape index (κ1) is 16.9. The number of hydrogen-bond donors (Lipinski definition) is 0. The number of fused-ring (bicyclic) bond motifs is 3. The predicted octanol–water partition coefficient (Wildman–Crippen LogP) is 4.32. The van der Waals surface area contributed by atoms with Gasteiger partial charge in [0.05, 0.1) is 18.3 Å². The highest BCUT2D eigenvalue weighted by molar-refractivity contribution is 5.90. The number of likely N-dealkylation sites (N-methyl/N-ethyl adjacent to an activating group) is 1. The van der Waals surface area contributed by atoms with E-state index < -0.39 is 0 Å². The summed E-state index contributed by atoms with van der Waals surface area (Å²) in [6.45, 7) is 6.90. The molecule has 0 saturated carbocycles. The Kier molecular flexibility index (Phi) is 4.51. The van der Waals surface area contributed by atoms with Gasteiger partial charge in [-0.2, -0.15) is 0 Å². The van der Waals surface area contributed by atoms with E-state index >= 15 is 0 Å². The molecule has 3 aromatic rings. The summed E-state index contributed by atoms with van der Waals surface area (Å²) in [5.41, 5.74) is 6.45. The largest absolute Gasteiger partial charge is 0.492 e. The first-order valence-corrected chi connectivity index (χ1v) is 9.23. The second-order valence-electron chi connectivity index (χ2n) is 6.97. The molecule has 4 heteroatoms. The van der Waals surface area contributed by atoms with E-state index in [1.54, 1.807) is 0 Å². The zero-order chi connectivity index (χ0) is 18.1. The summed E-state index contributed by atoms with van der Waals surface area (Å²) < 4.78 is 8.32. The van der Waals surface area contributed by atoms with Crippen LogP contribution in [0.2, 0.25) is 0 Å². The molecule has 0 radical (unpaired) electrons. The van der Waals surface area contributed by atoms with Gasteiger partial charge in [0, 0.05) is 48.5 Å². The van der Waals surface area contributed by atoms with Crippen molar-refractivity contribution in [3.63, 3.8) is 0 Å². The maximum Gasteiger partial charge on any atom is 0.143 e. The Morgan fingerprint density at radius 1 is 1.23 bits per heavy atom. The van der Waals surface area contributed by atoms with E-state index in [1.807, 2.05) is 31.5 Å². The lowest BCUT2D eigenvalue weighted by molar-refractivity contribution is 0.299. The maximum atomic E-state index is 5.99. The fourth-order valence-electron chi connectivity index (χ4n) is 3.77. The molecule has 0 spiro atoms. The van der Waals surface area contributed by atoms with Crippen molar-refractivity contribution in [2.75, 3.05) is 20.2 Å². The van der Waals surface area contributed by atoms with Crippen molar-refractivity contribution < 1.29 is 4.74 Å². The SMILES string of the molecule is CCO/C(=C\n1c2c(c3cc(C)ccc31)CN(C)CC2)c1ccncc1.